The molecule has 226 valence electrons. The van der Waals surface area contributed by atoms with Gasteiger partial charge in [-0.1, -0.05) is 18.7 Å². The van der Waals surface area contributed by atoms with Crippen molar-refractivity contribution in [1.29, 1.82) is 5.26 Å². The third-order valence-electron chi connectivity index (χ3n) is 10.2. The van der Waals surface area contributed by atoms with Crippen molar-refractivity contribution in [2.45, 2.75) is 88.1 Å². The van der Waals surface area contributed by atoms with E-state index in [0.29, 0.717) is 45.1 Å². The predicted molar refractivity (Wildman–Crippen MR) is 157 cm³/mol. The molecule has 42 heavy (non-hydrogen) atoms. The standard InChI is InChI=1S/C32H44N6O4/c1-4-27(39)38-17-16-37(19-23(38)11-14-33)30-25-10-13-32(12-9-22-8-7-21(2)18-26(22)42-32)29(40)28(25)34-31(35-30)41-20-24-6-5-15-36(24)3/h4,7-8,18,23-25,28,30-31,34-35H,1,5-6,9-13,15-17,19-20H2,2-3H3/t23?,24?,25?,28?,30?,31?,32-/m0/s1. The minimum Gasteiger partial charge on any atom is -0.479 e. The number of likely N-dealkylation sites (N-methyl/N-ethyl adjacent to an activating group) is 1. The fourth-order valence-electron chi connectivity index (χ4n) is 7.80. The number of benzene rings is 1. The molecular weight excluding hydrogens is 532 g/mol. The Bertz CT molecular complexity index is 1250. The molecule has 4 fully saturated rings. The van der Waals surface area contributed by atoms with Gasteiger partial charge in [-0.15, -0.1) is 0 Å². The molecule has 3 saturated heterocycles. The Kier molecular flexibility index (Phi) is 8.40. The molecule has 4 heterocycles. The van der Waals surface area contributed by atoms with Gasteiger partial charge in [0.15, 0.2) is 17.7 Å². The first-order valence-corrected chi connectivity index (χ1v) is 15.5. The van der Waals surface area contributed by atoms with Crippen molar-refractivity contribution in [2.24, 2.45) is 5.92 Å². The normalized spacial score (nSPS) is 35.3. The number of Topliss-reactive ketones (excluding diaryl/α,β-unsaturated/α-hetero) is 1. The number of carbonyl (C=O) groups is 2. The molecule has 6 unspecified atom stereocenters. The maximum atomic E-state index is 14.5. The van der Waals surface area contributed by atoms with Crippen molar-refractivity contribution in [3.63, 3.8) is 0 Å². The molecule has 10 nitrogen and oxygen atoms in total. The molecule has 0 radical (unpaired) electrons. The molecule has 2 N–H and O–H groups in total. The molecule has 1 spiro atoms. The van der Waals surface area contributed by atoms with Crippen LogP contribution in [0, 0.1) is 24.2 Å². The number of nitrogens with zero attached hydrogens (tertiary/aromatic N) is 4. The van der Waals surface area contributed by atoms with E-state index in [2.05, 4.69) is 58.3 Å². The van der Waals surface area contributed by atoms with Crippen molar-refractivity contribution < 1.29 is 19.1 Å². The van der Waals surface area contributed by atoms with E-state index in [1.54, 1.807) is 4.90 Å². The van der Waals surface area contributed by atoms with Gasteiger partial charge in [0, 0.05) is 31.6 Å². The number of likely N-dealkylation sites (tertiary alicyclic amines) is 1. The Morgan fingerprint density at radius 1 is 1.24 bits per heavy atom. The summed E-state index contributed by atoms with van der Waals surface area (Å²) in [5, 5.41) is 16.8. The third-order valence-corrected chi connectivity index (χ3v) is 10.2. The third kappa shape index (κ3) is 5.49. The van der Waals surface area contributed by atoms with Crippen LogP contribution in [0.4, 0.5) is 0 Å². The van der Waals surface area contributed by atoms with Gasteiger partial charge in [0.25, 0.3) is 0 Å². The largest absolute Gasteiger partial charge is 0.479 e. The molecule has 1 amide bonds. The van der Waals surface area contributed by atoms with Gasteiger partial charge in [-0.05, 0) is 82.3 Å². The van der Waals surface area contributed by atoms with Crippen LogP contribution in [0.25, 0.3) is 0 Å². The predicted octanol–water partition coefficient (Wildman–Crippen LogP) is 1.93. The molecule has 1 aromatic carbocycles. The zero-order valence-electron chi connectivity index (χ0n) is 24.9. The second kappa shape index (κ2) is 12.1. The number of ketones is 1. The van der Waals surface area contributed by atoms with Crippen LogP contribution in [-0.4, -0.2) is 102 Å². The first kappa shape index (κ1) is 29.3. The van der Waals surface area contributed by atoms with E-state index < -0.39 is 18.0 Å². The first-order chi connectivity index (χ1) is 20.3. The van der Waals surface area contributed by atoms with Gasteiger partial charge in [0.05, 0.1) is 37.3 Å². The van der Waals surface area contributed by atoms with Crippen LogP contribution in [0.5, 0.6) is 5.75 Å². The van der Waals surface area contributed by atoms with Gasteiger partial charge >= 0.3 is 0 Å². The molecule has 0 bridgehead atoms. The van der Waals surface area contributed by atoms with Crippen LogP contribution < -0.4 is 15.4 Å². The second-order valence-corrected chi connectivity index (χ2v) is 12.8. The molecule has 1 aromatic rings. The fraction of sp³-hybridized carbons (Fsp3) is 0.656. The summed E-state index contributed by atoms with van der Waals surface area (Å²) in [7, 11) is 2.13. The molecule has 1 saturated carbocycles. The highest BCUT2D eigenvalue weighted by Crippen LogP contribution is 2.44. The number of carbonyl (C=O) groups excluding carboxylic acids is 2. The van der Waals surface area contributed by atoms with Crippen LogP contribution in [0.3, 0.4) is 0 Å². The number of aryl methyl sites for hydroxylation is 2. The zero-order valence-corrected chi connectivity index (χ0v) is 24.9. The molecule has 0 aromatic heterocycles. The summed E-state index contributed by atoms with van der Waals surface area (Å²) >= 11 is 0. The van der Waals surface area contributed by atoms with Crippen molar-refractivity contribution in [2.75, 3.05) is 39.8 Å². The number of hydrogen-bond donors (Lipinski definition) is 2. The maximum Gasteiger partial charge on any atom is 0.246 e. The summed E-state index contributed by atoms with van der Waals surface area (Å²) in [6.07, 6.45) is 6.18. The van der Waals surface area contributed by atoms with Gasteiger partial charge < -0.3 is 19.3 Å². The van der Waals surface area contributed by atoms with E-state index >= 15 is 0 Å². The Balaban J connectivity index is 1.24. The Morgan fingerprint density at radius 2 is 2.10 bits per heavy atom. The lowest BCUT2D eigenvalue weighted by Crippen LogP contribution is -2.76. The highest BCUT2D eigenvalue weighted by Gasteiger charge is 2.56. The van der Waals surface area contributed by atoms with E-state index in [4.69, 9.17) is 9.47 Å². The van der Waals surface area contributed by atoms with Gasteiger partial charge in [0.1, 0.15) is 5.75 Å². The van der Waals surface area contributed by atoms with Crippen LogP contribution in [0.1, 0.15) is 49.7 Å². The smallest absolute Gasteiger partial charge is 0.246 e. The maximum absolute atomic E-state index is 14.5. The quantitative estimate of drug-likeness (QED) is 0.491. The first-order valence-electron chi connectivity index (χ1n) is 15.5. The molecule has 10 heteroatoms. The SMILES string of the molecule is C=CC(=O)N1CCN(C2NC(OCC3CCCN3C)NC3C(=O)[C@]4(CCc5ccc(C)cc5O4)CCC32)CC1CC#N. The van der Waals surface area contributed by atoms with Gasteiger partial charge in [0.2, 0.25) is 5.91 Å². The number of rotatable bonds is 6. The number of nitrogens with one attached hydrogen (secondary N) is 2. The van der Waals surface area contributed by atoms with Crippen molar-refractivity contribution in [3.05, 3.63) is 42.0 Å². The van der Waals surface area contributed by atoms with Crippen LogP contribution in [0.2, 0.25) is 0 Å². The molecule has 5 aliphatic rings. The second-order valence-electron chi connectivity index (χ2n) is 12.8. The Morgan fingerprint density at radius 3 is 2.86 bits per heavy atom. The fourth-order valence-corrected chi connectivity index (χ4v) is 7.80. The summed E-state index contributed by atoms with van der Waals surface area (Å²) in [5.74, 6) is 0.799. The molecular formula is C32H44N6O4. The van der Waals surface area contributed by atoms with Crippen molar-refractivity contribution in [1.82, 2.24) is 25.3 Å². The summed E-state index contributed by atoms with van der Waals surface area (Å²) < 4.78 is 13.1. The van der Waals surface area contributed by atoms with Crippen LogP contribution >= 0.6 is 0 Å². The lowest BCUT2D eigenvalue weighted by molar-refractivity contribution is -0.160. The number of hydrogen-bond acceptors (Lipinski definition) is 9. The average Bonchev–Trinajstić information content (AvgIpc) is 3.41. The number of fused-ring (bicyclic) bond motifs is 2. The number of nitriles is 1. The van der Waals surface area contributed by atoms with Crippen LogP contribution in [0.15, 0.2) is 30.9 Å². The van der Waals surface area contributed by atoms with Gasteiger partial charge in [-0.25, -0.2) is 0 Å². The van der Waals surface area contributed by atoms with E-state index in [0.717, 1.165) is 49.1 Å². The van der Waals surface area contributed by atoms with E-state index in [-0.39, 0.29) is 36.2 Å². The summed E-state index contributed by atoms with van der Waals surface area (Å²) in [6.45, 7) is 9.05. The van der Waals surface area contributed by atoms with Crippen molar-refractivity contribution in [3.8, 4) is 11.8 Å². The summed E-state index contributed by atoms with van der Waals surface area (Å²) in [6, 6.07) is 8.23. The van der Waals surface area contributed by atoms with Crippen LogP contribution in [-0.2, 0) is 20.7 Å². The minimum atomic E-state index is -0.842. The minimum absolute atomic E-state index is 0.00373. The molecule has 4 aliphatic heterocycles. The van der Waals surface area contributed by atoms with E-state index in [1.165, 1.54) is 6.08 Å². The molecule has 1 aliphatic carbocycles. The summed E-state index contributed by atoms with van der Waals surface area (Å²) in [5.41, 5.74) is 1.44. The number of ether oxygens (including phenoxy) is 2. The lowest BCUT2D eigenvalue weighted by atomic mass is 9.69. The average molecular weight is 577 g/mol. The topological polar surface area (TPSA) is 110 Å². The summed E-state index contributed by atoms with van der Waals surface area (Å²) in [4.78, 5) is 33.4. The van der Waals surface area contributed by atoms with Crippen molar-refractivity contribution >= 4 is 11.7 Å². The highest BCUT2D eigenvalue weighted by atomic mass is 16.5. The van der Waals surface area contributed by atoms with E-state index in [9.17, 15) is 14.9 Å². The Hall–Kier alpha value is -2.81. The van der Waals surface area contributed by atoms with Gasteiger partial charge in [-0.3, -0.25) is 25.1 Å². The highest BCUT2D eigenvalue weighted by molar-refractivity contribution is 5.94. The van der Waals surface area contributed by atoms with E-state index in [1.807, 2.05) is 6.92 Å². The zero-order chi connectivity index (χ0) is 29.4. The number of amides is 1. The Labute approximate surface area is 249 Å². The molecule has 6 rings (SSSR count). The lowest BCUT2D eigenvalue weighted by Gasteiger charge is -2.54. The van der Waals surface area contributed by atoms with Gasteiger partial charge in [-0.2, -0.15) is 5.26 Å². The monoisotopic (exact) mass is 576 g/mol. The molecule has 7 atom stereocenters. The number of piperazine rings is 1.